The molecule has 130 valence electrons. The van der Waals surface area contributed by atoms with Gasteiger partial charge in [-0.15, -0.1) is 0 Å². The van der Waals surface area contributed by atoms with Gasteiger partial charge in [0.15, 0.2) is 0 Å². The molecule has 0 radical (unpaired) electrons. The summed E-state index contributed by atoms with van der Waals surface area (Å²) in [5, 5.41) is 3.02. The van der Waals surface area contributed by atoms with Gasteiger partial charge < -0.3 is 19.9 Å². The summed E-state index contributed by atoms with van der Waals surface area (Å²) in [6.45, 7) is 7.21. The molecule has 2 saturated heterocycles. The van der Waals surface area contributed by atoms with Crippen molar-refractivity contribution in [3.8, 4) is 0 Å². The molecule has 0 aliphatic carbocycles. The van der Waals surface area contributed by atoms with Crippen molar-refractivity contribution in [2.75, 3.05) is 39.4 Å². The number of carbonyl (C=O) groups is 2. The quantitative estimate of drug-likeness (QED) is 0.890. The summed E-state index contributed by atoms with van der Waals surface area (Å²) in [6, 6.07) is 8.34. The van der Waals surface area contributed by atoms with Crippen LogP contribution in [0.5, 0.6) is 0 Å². The minimum Gasteiger partial charge on any atom is -0.378 e. The second-order valence-corrected chi connectivity index (χ2v) is 6.61. The molecule has 1 aromatic rings. The third kappa shape index (κ3) is 3.70. The maximum absolute atomic E-state index is 12.7. The molecule has 2 atom stereocenters. The highest BCUT2D eigenvalue weighted by Gasteiger charge is 2.38. The molecule has 0 bridgehead atoms. The van der Waals surface area contributed by atoms with Crippen LogP contribution in [0.4, 0.5) is 4.79 Å². The van der Waals surface area contributed by atoms with Gasteiger partial charge in [-0.25, -0.2) is 4.79 Å². The van der Waals surface area contributed by atoms with E-state index < -0.39 is 0 Å². The Balaban J connectivity index is 1.75. The Morgan fingerprint density at radius 3 is 2.38 bits per heavy atom. The van der Waals surface area contributed by atoms with Crippen molar-refractivity contribution in [2.45, 2.75) is 25.8 Å². The van der Waals surface area contributed by atoms with Crippen molar-refractivity contribution in [1.29, 1.82) is 0 Å². The van der Waals surface area contributed by atoms with Gasteiger partial charge in [0.2, 0.25) is 5.91 Å². The molecule has 0 aromatic heterocycles. The lowest BCUT2D eigenvalue weighted by molar-refractivity contribution is -0.119. The highest BCUT2D eigenvalue weighted by Crippen LogP contribution is 2.29. The van der Waals surface area contributed by atoms with E-state index in [4.69, 9.17) is 4.74 Å². The number of ether oxygens (including phenoxy) is 1. The van der Waals surface area contributed by atoms with Crippen LogP contribution in [-0.2, 0) is 9.53 Å². The van der Waals surface area contributed by atoms with Crippen LogP contribution in [0.1, 0.15) is 24.0 Å². The molecule has 3 rings (SSSR count). The van der Waals surface area contributed by atoms with Crippen LogP contribution in [0.25, 0.3) is 0 Å². The molecule has 1 aromatic carbocycles. The average Bonchev–Trinajstić information content (AvgIpc) is 2.98. The van der Waals surface area contributed by atoms with E-state index in [1.165, 1.54) is 12.5 Å². The van der Waals surface area contributed by atoms with Crippen LogP contribution < -0.4 is 5.32 Å². The number of morpholine rings is 1. The smallest absolute Gasteiger partial charge is 0.320 e. The van der Waals surface area contributed by atoms with Gasteiger partial charge in [0.1, 0.15) is 0 Å². The Morgan fingerprint density at radius 1 is 1.08 bits per heavy atom. The number of rotatable bonds is 2. The summed E-state index contributed by atoms with van der Waals surface area (Å²) in [5.74, 6) is 0.0669. The number of likely N-dealkylation sites (tertiary alicyclic amines) is 1. The first-order valence-electron chi connectivity index (χ1n) is 8.50. The number of hydrogen-bond donors (Lipinski definition) is 1. The number of nitrogens with one attached hydrogen (secondary N) is 1. The number of urea groups is 1. The minimum absolute atomic E-state index is 0.0447. The van der Waals surface area contributed by atoms with Crippen molar-refractivity contribution in [2.24, 2.45) is 0 Å². The maximum Gasteiger partial charge on any atom is 0.320 e. The number of aryl methyl sites for hydroxylation is 1. The second kappa shape index (κ2) is 7.21. The molecule has 0 spiro atoms. The Hall–Kier alpha value is -2.08. The number of carbonyl (C=O) groups excluding carboxylic acids is 2. The number of nitrogens with zero attached hydrogens (tertiary/aromatic N) is 2. The number of amides is 3. The van der Waals surface area contributed by atoms with E-state index in [0.717, 1.165) is 5.56 Å². The molecule has 2 fully saturated rings. The van der Waals surface area contributed by atoms with Crippen LogP contribution >= 0.6 is 0 Å². The second-order valence-electron chi connectivity index (χ2n) is 6.61. The van der Waals surface area contributed by atoms with E-state index in [0.29, 0.717) is 39.4 Å². The first-order chi connectivity index (χ1) is 11.5. The van der Waals surface area contributed by atoms with E-state index in [9.17, 15) is 9.59 Å². The molecule has 6 heteroatoms. The van der Waals surface area contributed by atoms with Gasteiger partial charge in [0.25, 0.3) is 0 Å². The van der Waals surface area contributed by atoms with E-state index >= 15 is 0 Å². The lowest BCUT2D eigenvalue weighted by atomic mass is 9.93. The normalized spacial score (nSPS) is 24.1. The number of hydrogen-bond acceptors (Lipinski definition) is 3. The molecule has 2 aliphatic rings. The van der Waals surface area contributed by atoms with Gasteiger partial charge in [-0.1, -0.05) is 29.8 Å². The van der Waals surface area contributed by atoms with Crippen molar-refractivity contribution >= 4 is 11.9 Å². The molecule has 1 N–H and O–H groups in total. The SMILES string of the molecule is CC(=O)N[C@@H]1CN(C(=O)N2CCOCC2)C[C@H]1c1ccc(C)cc1. The molecule has 0 unspecified atom stereocenters. The zero-order valence-corrected chi connectivity index (χ0v) is 14.3. The predicted molar refractivity (Wildman–Crippen MR) is 90.9 cm³/mol. The third-order valence-corrected chi connectivity index (χ3v) is 4.77. The van der Waals surface area contributed by atoms with Crippen LogP contribution in [0.2, 0.25) is 0 Å². The molecule has 2 aliphatic heterocycles. The maximum atomic E-state index is 12.7. The van der Waals surface area contributed by atoms with Gasteiger partial charge in [-0.3, -0.25) is 4.79 Å². The summed E-state index contributed by atoms with van der Waals surface area (Å²) >= 11 is 0. The van der Waals surface area contributed by atoms with E-state index in [2.05, 4.69) is 36.5 Å². The zero-order chi connectivity index (χ0) is 17.1. The first-order valence-corrected chi connectivity index (χ1v) is 8.50. The zero-order valence-electron chi connectivity index (χ0n) is 14.3. The van der Waals surface area contributed by atoms with Crippen molar-refractivity contribution in [3.05, 3.63) is 35.4 Å². The van der Waals surface area contributed by atoms with Crippen LogP contribution in [0.3, 0.4) is 0 Å². The lowest BCUT2D eigenvalue weighted by Crippen LogP contribution is -2.48. The minimum atomic E-state index is -0.0576. The monoisotopic (exact) mass is 331 g/mol. The molecule has 24 heavy (non-hydrogen) atoms. The van der Waals surface area contributed by atoms with Crippen LogP contribution in [-0.4, -0.2) is 67.2 Å². The summed E-state index contributed by atoms with van der Waals surface area (Å²) in [5.41, 5.74) is 2.37. The Labute approximate surface area is 142 Å². The Bertz CT molecular complexity index is 596. The summed E-state index contributed by atoms with van der Waals surface area (Å²) < 4.78 is 5.32. The van der Waals surface area contributed by atoms with Crippen LogP contribution in [0, 0.1) is 6.92 Å². The average molecular weight is 331 g/mol. The van der Waals surface area contributed by atoms with E-state index in [1.54, 1.807) is 0 Å². The van der Waals surface area contributed by atoms with Gasteiger partial charge in [-0.05, 0) is 12.5 Å². The fourth-order valence-electron chi connectivity index (χ4n) is 3.47. The fourth-order valence-corrected chi connectivity index (χ4v) is 3.47. The largest absolute Gasteiger partial charge is 0.378 e. The number of benzene rings is 1. The van der Waals surface area contributed by atoms with Crippen molar-refractivity contribution < 1.29 is 14.3 Å². The highest BCUT2D eigenvalue weighted by molar-refractivity contribution is 5.76. The van der Waals surface area contributed by atoms with Gasteiger partial charge >= 0.3 is 6.03 Å². The van der Waals surface area contributed by atoms with E-state index in [-0.39, 0.29) is 23.9 Å². The Morgan fingerprint density at radius 2 is 1.75 bits per heavy atom. The van der Waals surface area contributed by atoms with Crippen molar-refractivity contribution in [1.82, 2.24) is 15.1 Å². The third-order valence-electron chi connectivity index (χ3n) is 4.77. The molecule has 0 saturated carbocycles. The summed E-state index contributed by atoms with van der Waals surface area (Å²) in [7, 11) is 0. The molecule has 2 heterocycles. The summed E-state index contributed by atoms with van der Waals surface area (Å²) in [4.78, 5) is 28.0. The molecule has 6 nitrogen and oxygen atoms in total. The first kappa shape index (κ1) is 16.8. The Kier molecular flexibility index (Phi) is 5.04. The van der Waals surface area contributed by atoms with Crippen molar-refractivity contribution in [3.63, 3.8) is 0 Å². The topological polar surface area (TPSA) is 61.9 Å². The van der Waals surface area contributed by atoms with Gasteiger partial charge in [0, 0.05) is 39.0 Å². The summed E-state index contributed by atoms with van der Waals surface area (Å²) in [6.07, 6.45) is 0. The van der Waals surface area contributed by atoms with Gasteiger partial charge in [0.05, 0.1) is 19.3 Å². The standard InChI is InChI=1S/C18H25N3O3/c1-13-3-5-15(6-4-13)16-11-21(12-17(16)19-14(2)22)18(23)20-7-9-24-10-8-20/h3-6,16-17H,7-12H2,1-2H3,(H,19,22)/t16-,17+/m0/s1. The fraction of sp³-hybridized carbons (Fsp3) is 0.556. The lowest BCUT2D eigenvalue weighted by Gasteiger charge is -2.31. The molecular weight excluding hydrogens is 306 g/mol. The highest BCUT2D eigenvalue weighted by atomic mass is 16.5. The molecule has 3 amide bonds. The van der Waals surface area contributed by atoms with E-state index in [1.807, 2.05) is 9.80 Å². The van der Waals surface area contributed by atoms with Crippen LogP contribution in [0.15, 0.2) is 24.3 Å². The predicted octanol–water partition coefficient (Wildman–Crippen LogP) is 1.35. The molecular formula is C18H25N3O3. The van der Waals surface area contributed by atoms with Gasteiger partial charge in [-0.2, -0.15) is 0 Å².